The highest BCUT2D eigenvalue weighted by atomic mass is 16.5. The van der Waals surface area contributed by atoms with Crippen molar-refractivity contribution in [1.82, 2.24) is 15.6 Å². The highest BCUT2D eigenvalue weighted by Crippen LogP contribution is 2.22. The van der Waals surface area contributed by atoms with Crippen molar-refractivity contribution in [3.63, 3.8) is 0 Å². The smallest absolute Gasteiger partial charge is 0.213 e. The first-order chi connectivity index (χ1) is 11.9. The number of benzene rings is 1. The van der Waals surface area contributed by atoms with Gasteiger partial charge in [-0.05, 0) is 24.1 Å². The van der Waals surface area contributed by atoms with Crippen LogP contribution in [0.3, 0.4) is 0 Å². The summed E-state index contributed by atoms with van der Waals surface area (Å²) in [5.74, 6) is 3.13. The molecular weight excluding hydrogens is 316 g/mol. The Balaban J connectivity index is 1.79. The number of ether oxygens (including phenoxy) is 1. The number of guanidine groups is 1. The number of oxazole rings is 1. The summed E-state index contributed by atoms with van der Waals surface area (Å²) in [5.41, 5.74) is 1.17. The molecule has 1 aromatic carbocycles. The van der Waals surface area contributed by atoms with Crippen LogP contribution in [0.15, 0.2) is 39.9 Å². The van der Waals surface area contributed by atoms with Crippen LogP contribution in [0, 0.1) is 0 Å². The normalized spacial score (nSPS) is 12.1. The first-order valence-corrected chi connectivity index (χ1v) is 8.45. The summed E-state index contributed by atoms with van der Waals surface area (Å²) in [6.45, 7) is 7.57. The van der Waals surface area contributed by atoms with Crippen LogP contribution < -0.4 is 15.4 Å². The molecule has 2 rings (SSSR count). The number of nitrogens with zero attached hydrogens (tertiary/aromatic N) is 2. The van der Waals surface area contributed by atoms with Crippen LogP contribution in [0.5, 0.6) is 5.75 Å². The predicted octanol–water partition coefficient (Wildman–Crippen LogP) is 2.89. The maximum atomic E-state index is 5.77. The van der Waals surface area contributed by atoms with Crippen LogP contribution in [-0.2, 0) is 18.4 Å². The average Bonchev–Trinajstić information content (AvgIpc) is 3.07. The molecule has 0 radical (unpaired) electrons. The van der Waals surface area contributed by atoms with E-state index in [9.17, 15) is 0 Å². The van der Waals surface area contributed by atoms with E-state index in [2.05, 4.69) is 47.4 Å². The van der Waals surface area contributed by atoms with Gasteiger partial charge >= 0.3 is 0 Å². The first kappa shape index (κ1) is 18.8. The van der Waals surface area contributed by atoms with E-state index in [1.165, 1.54) is 5.56 Å². The molecule has 0 saturated heterocycles. The van der Waals surface area contributed by atoms with Crippen molar-refractivity contribution in [1.29, 1.82) is 0 Å². The van der Waals surface area contributed by atoms with Crippen LogP contribution >= 0.6 is 0 Å². The summed E-state index contributed by atoms with van der Waals surface area (Å²) in [4.78, 5) is 8.53. The van der Waals surface area contributed by atoms with Crippen LogP contribution in [0.4, 0.5) is 0 Å². The van der Waals surface area contributed by atoms with Crippen LogP contribution in [0.1, 0.15) is 38.0 Å². The molecule has 0 amide bonds. The van der Waals surface area contributed by atoms with E-state index in [1.54, 1.807) is 20.4 Å². The van der Waals surface area contributed by atoms with Gasteiger partial charge in [0.05, 0.1) is 19.9 Å². The van der Waals surface area contributed by atoms with Gasteiger partial charge in [-0.15, -0.1) is 0 Å². The summed E-state index contributed by atoms with van der Waals surface area (Å²) in [5, 5.41) is 6.51. The van der Waals surface area contributed by atoms with Crippen LogP contribution in [0.2, 0.25) is 0 Å². The standard InChI is InChI=1S/C19H28N4O2/c1-19(2,3)16-12-22-17(25-16)13-23-18(20-4)21-10-9-14-7-6-8-15(11-14)24-5/h6-8,11-12H,9-10,13H2,1-5H3,(H2,20,21,23). The Morgan fingerprint density at radius 3 is 2.72 bits per heavy atom. The molecule has 0 unspecified atom stereocenters. The summed E-state index contributed by atoms with van der Waals surface area (Å²) < 4.78 is 11.0. The molecule has 0 fully saturated rings. The van der Waals surface area contributed by atoms with E-state index in [-0.39, 0.29) is 5.41 Å². The third-order valence-corrected chi connectivity index (χ3v) is 3.76. The van der Waals surface area contributed by atoms with Gasteiger partial charge in [-0.3, -0.25) is 4.99 Å². The van der Waals surface area contributed by atoms with E-state index in [0.717, 1.165) is 30.4 Å². The number of hydrogen-bond acceptors (Lipinski definition) is 4. The molecule has 0 aliphatic carbocycles. The lowest BCUT2D eigenvalue weighted by atomic mass is 9.94. The monoisotopic (exact) mass is 344 g/mol. The highest BCUT2D eigenvalue weighted by Gasteiger charge is 2.19. The number of aromatic nitrogens is 1. The fourth-order valence-corrected chi connectivity index (χ4v) is 2.27. The molecule has 25 heavy (non-hydrogen) atoms. The van der Waals surface area contributed by atoms with Crippen molar-refractivity contribution in [2.24, 2.45) is 4.99 Å². The van der Waals surface area contributed by atoms with Crippen molar-refractivity contribution in [2.75, 3.05) is 20.7 Å². The number of methoxy groups -OCH3 is 1. The van der Waals surface area contributed by atoms with E-state index in [0.29, 0.717) is 12.4 Å². The SMILES string of the molecule is CN=C(NCCc1cccc(OC)c1)NCc1ncc(C(C)(C)C)o1. The van der Waals surface area contributed by atoms with Crippen molar-refractivity contribution < 1.29 is 9.15 Å². The second-order valence-corrected chi connectivity index (χ2v) is 6.82. The molecule has 0 atom stereocenters. The molecule has 2 aromatic rings. The zero-order chi connectivity index (χ0) is 18.3. The average molecular weight is 344 g/mol. The minimum Gasteiger partial charge on any atom is -0.497 e. The Hall–Kier alpha value is -2.50. The topological polar surface area (TPSA) is 71.7 Å². The first-order valence-electron chi connectivity index (χ1n) is 8.45. The molecular formula is C19H28N4O2. The van der Waals surface area contributed by atoms with Gasteiger partial charge in [0.2, 0.25) is 5.89 Å². The van der Waals surface area contributed by atoms with Crippen molar-refractivity contribution >= 4 is 5.96 Å². The molecule has 2 N–H and O–H groups in total. The second kappa shape index (κ2) is 8.55. The predicted molar refractivity (Wildman–Crippen MR) is 100 cm³/mol. The molecule has 0 bridgehead atoms. The fourth-order valence-electron chi connectivity index (χ4n) is 2.27. The molecule has 0 aliphatic heterocycles. The van der Waals surface area contributed by atoms with Gasteiger partial charge in [-0.25, -0.2) is 4.98 Å². The molecule has 0 saturated carbocycles. The third kappa shape index (κ3) is 5.81. The van der Waals surface area contributed by atoms with E-state index < -0.39 is 0 Å². The summed E-state index contributed by atoms with van der Waals surface area (Å²) in [6, 6.07) is 8.07. The highest BCUT2D eigenvalue weighted by molar-refractivity contribution is 5.79. The lowest BCUT2D eigenvalue weighted by molar-refractivity contribution is 0.379. The lowest BCUT2D eigenvalue weighted by Gasteiger charge is -2.13. The third-order valence-electron chi connectivity index (χ3n) is 3.76. The largest absolute Gasteiger partial charge is 0.497 e. The van der Waals surface area contributed by atoms with Gasteiger partial charge in [-0.2, -0.15) is 0 Å². The van der Waals surface area contributed by atoms with Gasteiger partial charge in [0, 0.05) is 19.0 Å². The summed E-state index contributed by atoms with van der Waals surface area (Å²) in [6.07, 6.45) is 2.67. The Morgan fingerprint density at radius 2 is 2.08 bits per heavy atom. The molecule has 6 heteroatoms. The van der Waals surface area contributed by atoms with Crippen molar-refractivity contribution in [3.8, 4) is 5.75 Å². The molecule has 0 spiro atoms. The number of nitrogens with one attached hydrogen (secondary N) is 2. The van der Waals surface area contributed by atoms with Crippen molar-refractivity contribution in [3.05, 3.63) is 47.7 Å². The minimum absolute atomic E-state index is 0.0398. The minimum atomic E-state index is -0.0398. The summed E-state index contributed by atoms with van der Waals surface area (Å²) >= 11 is 0. The molecule has 6 nitrogen and oxygen atoms in total. The van der Waals surface area contributed by atoms with Crippen LogP contribution in [0.25, 0.3) is 0 Å². The quantitative estimate of drug-likeness (QED) is 0.623. The maximum absolute atomic E-state index is 5.77. The van der Waals surface area contributed by atoms with Crippen molar-refractivity contribution in [2.45, 2.75) is 39.2 Å². The zero-order valence-electron chi connectivity index (χ0n) is 15.7. The van der Waals surface area contributed by atoms with Crippen LogP contribution in [-0.4, -0.2) is 31.6 Å². The Bertz CT molecular complexity index is 701. The fraction of sp³-hybridized carbons (Fsp3) is 0.474. The Morgan fingerprint density at radius 1 is 1.28 bits per heavy atom. The van der Waals surface area contributed by atoms with E-state index in [4.69, 9.17) is 9.15 Å². The zero-order valence-corrected chi connectivity index (χ0v) is 15.7. The molecule has 1 aromatic heterocycles. The number of aliphatic imine (C=N–C) groups is 1. The van der Waals surface area contributed by atoms with Gasteiger partial charge < -0.3 is 19.8 Å². The van der Waals surface area contributed by atoms with Gasteiger partial charge in [0.15, 0.2) is 5.96 Å². The van der Waals surface area contributed by atoms with E-state index in [1.807, 2.05) is 18.2 Å². The lowest BCUT2D eigenvalue weighted by Crippen LogP contribution is -2.37. The van der Waals surface area contributed by atoms with Gasteiger partial charge in [0.25, 0.3) is 0 Å². The van der Waals surface area contributed by atoms with Gasteiger partial charge in [0.1, 0.15) is 11.5 Å². The second-order valence-electron chi connectivity index (χ2n) is 6.82. The van der Waals surface area contributed by atoms with E-state index >= 15 is 0 Å². The number of hydrogen-bond donors (Lipinski definition) is 2. The summed E-state index contributed by atoms with van der Waals surface area (Å²) in [7, 11) is 3.42. The molecule has 136 valence electrons. The Labute approximate surface area is 149 Å². The number of rotatable bonds is 6. The van der Waals surface area contributed by atoms with Gasteiger partial charge in [-0.1, -0.05) is 32.9 Å². The molecule has 0 aliphatic rings. The maximum Gasteiger partial charge on any atom is 0.213 e. The Kier molecular flexibility index (Phi) is 6.44. The molecule has 1 heterocycles.